The molecule has 1 unspecified atom stereocenters. The Morgan fingerprint density at radius 3 is 2.63 bits per heavy atom. The molecule has 2 rings (SSSR count). The van der Waals surface area contributed by atoms with Crippen LogP contribution in [0.1, 0.15) is 52.0 Å². The van der Waals surface area contributed by atoms with E-state index in [1.54, 1.807) is 0 Å². The Balaban J connectivity index is 1.95. The fourth-order valence-corrected chi connectivity index (χ4v) is 3.29. The average molecular weight is 263 g/mol. The molecule has 1 saturated carbocycles. The second kappa shape index (κ2) is 7.09. The van der Waals surface area contributed by atoms with Crippen LogP contribution in [0.2, 0.25) is 0 Å². The molecule has 0 spiro atoms. The lowest BCUT2D eigenvalue weighted by Gasteiger charge is -2.33. The molecule has 0 bridgehead atoms. The Labute approximate surface area is 117 Å². The number of hydrogen-bond donors (Lipinski definition) is 1. The van der Waals surface area contributed by atoms with E-state index in [0.29, 0.717) is 6.04 Å². The van der Waals surface area contributed by atoms with E-state index in [9.17, 15) is 0 Å². The maximum absolute atomic E-state index is 4.39. The lowest BCUT2D eigenvalue weighted by atomic mass is 9.78. The predicted molar refractivity (Wildman–Crippen MR) is 80.2 cm³/mol. The van der Waals surface area contributed by atoms with Crippen molar-refractivity contribution in [1.29, 1.82) is 0 Å². The molecule has 19 heavy (non-hydrogen) atoms. The quantitative estimate of drug-likeness (QED) is 0.854. The van der Waals surface area contributed by atoms with Gasteiger partial charge in [0, 0.05) is 18.8 Å². The van der Waals surface area contributed by atoms with Gasteiger partial charge in [-0.2, -0.15) is 5.10 Å². The van der Waals surface area contributed by atoms with E-state index >= 15 is 0 Å². The molecule has 0 amide bonds. The molecule has 1 aliphatic carbocycles. The predicted octanol–water partition coefficient (Wildman–Crippen LogP) is 3.25. The van der Waals surface area contributed by atoms with Gasteiger partial charge < -0.3 is 5.32 Å². The van der Waals surface area contributed by atoms with Crippen molar-refractivity contribution in [3.63, 3.8) is 0 Å². The maximum Gasteiger partial charge on any atom is 0.0522 e. The highest BCUT2D eigenvalue weighted by Gasteiger charge is 2.25. The summed E-state index contributed by atoms with van der Waals surface area (Å²) < 4.78 is 2.03. The molecule has 1 heterocycles. The SMILES string of the molecule is CCNC(Cc1cnn(CC)c1)C1CCC(C)CC1. The molecule has 1 fully saturated rings. The van der Waals surface area contributed by atoms with E-state index in [-0.39, 0.29) is 0 Å². The minimum absolute atomic E-state index is 0.631. The fraction of sp³-hybridized carbons (Fsp3) is 0.812. The minimum Gasteiger partial charge on any atom is -0.314 e. The molecule has 1 aromatic rings. The van der Waals surface area contributed by atoms with Crippen molar-refractivity contribution >= 4 is 0 Å². The van der Waals surface area contributed by atoms with Crippen molar-refractivity contribution < 1.29 is 0 Å². The number of hydrogen-bond acceptors (Lipinski definition) is 2. The molecule has 0 aliphatic heterocycles. The molecule has 1 aromatic heterocycles. The monoisotopic (exact) mass is 263 g/mol. The van der Waals surface area contributed by atoms with Gasteiger partial charge in [0.2, 0.25) is 0 Å². The summed E-state index contributed by atoms with van der Waals surface area (Å²) in [5.74, 6) is 1.78. The molecule has 0 saturated heterocycles. The first-order valence-electron chi connectivity index (χ1n) is 7.97. The molecule has 1 N–H and O–H groups in total. The van der Waals surface area contributed by atoms with E-state index in [1.165, 1.54) is 31.2 Å². The van der Waals surface area contributed by atoms with Gasteiger partial charge in [0.1, 0.15) is 0 Å². The van der Waals surface area contributed by atoms with E-state index in [0.717, 1.165) is 31.3 Å². The molecule has 0 aromatic carbocycles. The number of aromatic nitrogens is 2. The van der Waals surface area contributed by atoms with E-state index < -0.39 is 0 Å². The van der Waals surface area contributed by atoms with Crippen molar-refractivity contribution in [2.24, 2.45) is 11.8 Å². The number of aryl methyl sites for hydroxylation is 1. The highest BCUT2D eigenvalue weighted by Crippen LogP contribution is 2.31. The second-order valence-corrected chi connectivity index (χ2v) is 6.09. The Hall–Kier alpha value is -0.830. The Morgan fingerprint density at radius 2 is 2.05 bits per heavy atom. The van der Waals surface area contributed by atoms with E-state index in [1.807, 2.05) is 10.9 Å². The summed E-state index contributed by atoms with van der Waals surface area (Å²) >= 11 is 0. The van der Waals surface area contributed by atoms with Crippen molar-refractivity contribution in [2.75, 3.05) is 6.54 Å². The summed E-state index contributed by atoms with van der Waals surface area (Å²) in [5, 5.41) is 8.10. The van der Waals surface area contributed by atoms with Gasteiger partial charge in [-0.25, -0.2) is 0 Å². The smallest absolute Gasteiger partial charge is 0.0522 e. The van der Waals surface area contributed by atoms with Gasteiger partial charge >= 0.3 is 0 Å². The topological polar surface area (TPSA) is 29.9 Å². The van der Waals surface area contributed by atoms with Crippen LogP contribution in [0.4, 0.5) is 0 Å². The van der Waals surface area contributed by atoms with Crippen LogP contribution >= 0.6 is 0 Å². The van der Waals surface area contributed by atoms with Crippen LogP contribution in [-0.4, -0.2) is 22.4 Å². The second-order valence-electron chi connectivity index (χ2n) is 6.09. The third kappa shape index (κ3) is 4.07. The van der Waals surface area contributed by atoms with Crippen LogP contribution < -0.4 is 5.32 Å². The molecule has 1 atom stereocenters. The van der Waals surface area contributed by atoms with E-state index in [2.05, 4.69) is 37.4 Å². The third-order valence-corrected chi connectivity index (χ3v) is 4.56. The summed E-state index contributed by atoms with van der Waals surface area (Å²) in [5.41, 5.74) is 1.38. The zero-order chi connectivity index (χ0) is 13.7. The van der Waals surface area contributed by atoms with Crippen molar-refractivity contribution in [2.45, 2.75) is 65.5 Å². The summed E-state index contributed by atoms with van der Waals surface area (Å²) in [6.07, 6.45) is 11.0. The summed E-state index contributed by atoms with van der Waals surface area (Å²) in [6.45, 7) is 8.78. The lowest BCUT2D eigenvalue weighted by molar-refractivity contribution is 0.230. The van der Waals surface area contributed by atoms with Gasteiger partial charge in [0.05, 0.1) is 6.20 Å². The number of likely N-dealkylation sites (N-methyl/N-ethyl adjacent to an activating group) is 1. The van der Waals surface area contributed by atoms with Crippen molar-refractivity contribution in [1.82, 2.24) is 15.1 Å². The van der Waals surface area contributed by atoms with Gasteiger partial charge in [-0.15, -0.1) is 0 Å². The van der Waals surface area contributed by atoms with Gasteiger partial charge in [0.25, 0.3) is 0 Å². The van der Waals surface area contributed by atoms with Crippen LogP contribution in [0.3, 0.4) is 0 Å². The molecular weight excluding hydrogens is 234 g/mol. The van der Waals surface area contributed by atoms with Gasteiger partial charge in [-0.1, -0.05) is 26.7 Å². The van der Waals surface area contributed by atoms with Crippen molar-refractivity contribution in [3.05, 3.63) is 18.0 Å². The number of rotatable bonds is 6. The first-order valence-corrected chi connectivity index (χ1v) is 7.97. The molecule has 3 heteroatoms. The van der Waals surface area contributed by atoms with Crippen LogP contribution in [0.5, 0.6) is 0 Å². The Morgan fingerprint density at radius 1 is 1.32 bits per heavy atom. The van der Waals surface area contributed by atoms with E-state index in [4.69, 9.17) is 0 Å². The first kappa shape index (κ1) is 14.6. The Bertz CT molecular complexity index is 364. The lowest BCUT2D eigenvalue weighted by Crippen LogP contribution is -2.39. The molecule has 108 valence electrons. The van der Waals surface area contributed by atoms with Gasteiger partial charge in [-0.05, 0) is 50.1 Å². The largest absolute Gasteiger partial charge is 0.314 e. The molecule has 0 radical (unpaired) electrons. The highest BCUT2D eigenvalue weighted by atomic mass is 15.3. The summed E-state index contributed by atoms with van der Waals surface area (Å²) in [6, 6.07) is 0.631. The number of nitrogens with zero attached hydrogens (tertiary/aromatic N) is 2. The zero-order valence-electron chi connectivity index (χ0n) is 12.7. The highest BCUT2D eigenvalue weighted by molar-refractivity contribution is 5.07. The Kier molecular flexibility index (Phi) is 5.44. The third-order valence-electron chi connectivity index (χ3n) is 4.56. The standard InChI is InChI=1S/C16H29N3/c1-4-17-16(15-8-6-13(3)7-9-15)10-14-11-18-19(5-2)12-14/h11-13,15-17H,4-10H2,1-3H3. The van der Waals surface area contributed by atoms with Crippen LogP contribution in [-0.2, 0) is 13.0 Å². The maximum atomic E-state index is 4.39. The van der Waals surface area contributed by atoms with Gasteiger partial charge in [0.15, 0.2) is 0 Å². The zero-order valence-corrected chi connectivity index (χ0v) is 12.7. The van der Waals surface area contributed by atoms with Crippen LogP contribution in [0.15, 0.2) is 12.4 Å². The molecule has 1 aliphatic rings. The minimum atomic E-state index is 0.631. The summed E-state index contributed by atoms with van der Waals surface area (Å²) in [7, 11) is 0. The number of nitrogens with one attached hydrogen (secondary N) is 1. The molecular formula is C16H29N3. The van der Waals surface area contributed by atoms with Crippen molar-refractivity contribution in [3.8, 4) is 0 Å². The summed E-state index contributed by atoms with van der Waals surface area (Å²) in [4.78, 5) is 0. The normalized spacial score (nSPS) is 25.4. The fourth-order valence-electron chi connectivity index (χ4n) is 3.29. The van der Waals surface area contributed by atoms with Crippen LogP contribution in [0.25, 0.3) is 0 Å². The average Bonchev–Trinajstić information content (AvgIpc) is 2.87. The van der Waals surface area contributed by atoms with Gasteiger partial charge in [-0.3, -0.25) is 4.68 Å². The molecule has 3 nitrogen and oxygen atoms in total. The van der Waals surface area contributed by atoms with Crippen LogP contribution in [0, 0.1) is 11.8 Å². The first-order chi connectivity index (χ1) is 9.22.